The van der Waals surface area contributed by atoms with Crippen LogP contribution >= 0.6 is 0 Å². The number of likely N-dealkylation sites (N-methyl/N-ethyl adjacent to an activating group) is 1. The summed E-state index contributed by atoms with van der Waals surface area (Å²) in [5, 5.41) is 3.38. The van der Waals surface area contributed by atoms with Crippen LogP contribution in [0, 0.1) is 0 Å². The van der Waals surface area contributed by atoms with Gasteiger partial charge in [0.05, 0.1) is 0 Å². The molecule has 0 radical (unpaired) electrons. The van der Waals surface area contributed by atoms with Crippen LogP contribution in [-0.2, 0) is 19.6 Å². The summed E-state index contributed by atoms with van der Waals surface area (Å²) in [6, 6.07) is 6.84. The Bertz CT molecular complexity index is 371. The van der Waals surface area contributed by atoms with Crippen LogP contribution in [0.25, 0.3) is 0 Å². The third-order valence-corrected chi connectivity index (χ3v) is 3.14. The molecular formula is C14H20N2. The van der Waals surface area contributed by atoms with Gasteiger partial charge in [-0.1, -0.05) is 31.2 Å². The summed E-state index contributed by atoms with van der Waals surface area (Å²) in [5.41, 5.74) is 4.33. The SMILES string of the molecule is C=CCN(CC)Cc1ccc2c(c1)CNC2. The maximum Gasteiger partial charge on any atom is 0.0237 e. The van der Waals surface area contributed by atoms with Crippen molar-refractivity contribution in [3.05, 3.63) is 47.5 Å². The van der Waals surface area contributed by atoms with Crippen molar-refractivity contribution in [3.8, 4) is 0 Å². The molecule has 1 aromatic carbocycles. The van der Waals surface area contributed by atoms with Gasteiger partial charge in [0.15, 0.2) is 0 Å². The summed E-state index contributed by atoms with van der Waals surface area (Å²) in [7, 11) is 0. The maximum atomic E-state index is 3.80. The molecule has 0 saturated heterocycles. The molecule has 0 unspecified atom stereocenters. The zero-order valence-electron chi connectivity index (χ0n) is 10.00. The van der Waals surface area contributed by atoms with Crippen molar-refractivity contribution in [2.24, 2.45) is 0 Å². The molecule has 1 aliphatic rings. The Labute approximate surface area is 98.0 Å². The van der Waals surface area contributed by atoms with Gasteiger partial charge >= 0.3 is 0 Å². The fourth-order valence-electron chi connectivity index (χ4n) is 2.19. The fraction of sp³-hybridized carbons (Fsp3) is 0.429. The first-order valence-electron chi connectivity index (χ1n) is 5.98. The summed E-state index contributed by atoms with van der Waals surface area (Å²) in [6.45, 7) is 11.1. The van der Waals surface area contributed by atoms with E-state index in [0.717, 1.165) is 32.7 Å². The first-order chi connectivity index (χ1) is 7.83. The monoisotopic (exact) mass is 216 g/mol. The lowest BCUT2D eigenvalue weighted by Gasteiger charge is -2.18. The first-order valence-corrected chi connectivity index (χ1v) is 5.98. The molecule has 0 fully saturated rings. The van der Waals surface area contributed by atoms with E-state index in [4.69, 9.17) is 0 Å². The van der Waals surface area contributed by atoms with E-state index < -0.39 is 0 Å². The maximum absolute atomic E-state index is 3.80. The third kappa shape index (κ3) is 2.52. The Balaban J connectivity index is 2.06. The van der Waals surface area contributed by atoms with Gasteiger partial charge in [-0.05, 0) is 23.2 Å². The van der Waals surface area contributed by atoms with Crippen molar-refractivity contribution >= 4 is 0 Å². The van der Waals surface area contributed by atoms with Gasteiger partial charge in [-0.3, -0.25) is 4.90 Å². The van der Waals surface area contributed by atoms with E-state index in [2.05, 4.69) is 41.9 Å². The molecule has 2 heteroatoms. The lowest BCUT2D eigenvalue weighted by atomic mass is 10.1. The quantitative estimate of drug-likeness (QED) is 0.760. The molecule has 2 nitrogen and oxygen atoms in total. The predicted molar refractivity (Wildman–Crippen MR) is 68.1 cm³/mol. The second kappa shape index (κ2) is 5.28. The van der Waals surface area contributed by atoms with Gasteiger partial charge in [0.2, 0.25) is 0 Å². The van der Waals surface area contributed by atoms with Gasteiger partial charge in [-0.2, -0.15) is 0 Å². The number of nitrogens with zero attached hydrogens (tertiary/aromatic N) is 1. The average Bonchev–Trinajstić information content (AvgIpc) is 2.75. The van der Waals surface area contributed by atoms with Crippen LogP contribution in [0.1, 0.15) is 23.6 Å². The van der Waals surface area contributed by atoms with E-state index in [1.54, 1.807) is 0 Å². The van der Waals surface area contributed by atoms with Gasteiger partial charge < -0.3 is 5.32 Å². The molecule has 0 saturated carbocycles. The minimum absolute atomic E-state index is 0.964. The minimum Gasteiger partial charge on any atom is -0.309 e. The molecule has 1 heterocycles. The molecule has 0 aliphatic carbocycles. The molecule has 1 N–H and O–H groups in total. The average molecular weight is 216 g/mol. The number of rotatable bonds is 5. The van der Waals surface area contributed by atoms with Crippen molar-refractivity contribution in [1.82, 2.24) is 10.2 Å². The van der Waals surface area contributed by atoms with Crippen LogP contribution in [0.5, 0.6) is 0 Å². The molecule has 2 rings (SSSR count). The molecule has 0 spiro atoms. The number of fused-ring (bicyclic) bond motifs is 1. The van der Waals surface area contributed by atoms with Crippen LogP contribution in [0.15, 0.2) is 30.9 Å². The zero-order chi connectivity index (χ0) is 11.4. The fourth-order valence-corrected chi connectivity index (χ4v) is 2.19. The standard InChI is InChI=1S/C14H20N2/c1-3-7-16(4-2)11-12-5-6-13-9-15-10-14(13)8-12/h3,5-6,8,15H,1,4,7,9-11H2,2H3. The van der Waals surface area contributed by atoms with Gasteiger partial charge in [-0.15, -0.1) is 6.58 Å². The van der Waals surface area contributed by atoms with E-state index in [9.17, 15) is 0 Å². The van der Waals surface area contributed by atoms with Crippen molar-refractivity contribution in [1.29, 1.82) is 0 Å². The van der Waals surface area contributed by atoms with Gasteiger partial charge in [0.1, 0.15) is 0 Å². The second-order valence-corrected chi connectivity index (χ2v) is 4.32. The molecule has 0 bridgehead atoms. The van der Waals surface area contributed by atoms with E-state index in [-0.39, 0.29) is 0 Å². The van der Waals surface area contributed by atoms with Crippen molar-refractivity contribution in [2.75, 3.05) is 13.1 Å². The predicted octanol–water partition coefficient (Wildman–Crippen LogP) is 2.30. The Kier molecular flexibility index (Phi) is 3.75. The minimum atomic E-state index is 0.964. The van der Waals surface area contributed by atoms with Crippen molar-refractivity contribution in [2.45, 2.75) is 26.6 Å². The second-order valence-electron chi connectivity index (χ2n) is 4.32. The summed E-state index contributed by atoms with van der Waals surface area (Å²) < 4.78 is 0. The Morgan fingerprint density at radius 1 is 1.38 bits per heavy atom. The van der Waals surface area contributed by atoms with Crippen LogP contribution in [0.3, 0.4) is 0 Å². The summed E-state index contributed by atoms with van der Waals surface area (Å²) in [5.74, 6) is 0. The first kappa shape index (κ1) is 11.4. The van der Waals surface area contributed by atoms with E-state index in [0.29, 0.717) is 0 Å². The summed E-state index contributed by atoms with van der Waals surface area (Å²) in [4.78, 5) is 2.39. The third-order valence-electron chi connectivity index (χ3n) is 3.14. The van der Waals surface area contributed by atoms with E-state index in [1.807, 2.05) is 6.08 Å². The number of nitrogens with one attached hydrogen (secondary N) is 1. The largest absolute Gasteiger partial charge is 0.309 e. The smallest absolute Gasteiger partial charge is 0.0237 e. The molecule has 86 valence electrons. The van der Waals surface area contributed by atoms with Crippen molar-refractivity contribution in [3.63, 3.8) is 0 Å². The molecule has 16 heavy (non-hydrogen) atoms. The van der Waals surface area contributed by atoms with E-state index >= 15 is 0 Å². The molecule has 0 aromatic heterocycles. The zero-order valence-corrected chi connectivity index (χ0v) is 10.00. The van der Waals surface area contributed by atoms with Crippen molar-refractivity contribution < 1.29 is 0 Å². The number of hydrogen-bond donors (Lipinski definition) is 1. The summed E-state index contributed by atoms with van der Waals surface area (Å²) >= 11 is 0. The highest BCUT2D eigenvalue weighted by atomic mass is 15.1. The molecule has 0 atom stereocenters. The molecule has 0 amide bonds. The highest BCUT2D eigenvalue weighted by Gasteiger charge is 2.10. The Morgan fingerprint density at radius 3 is 2.94 bits per heavy atom. The topological polar surface area (TPSA) is 15.3 Å². The molecule has 1 aliphatic heterocycles. The lowest BCUT2D eigenvalue weighted by Crippen LogP contribution is -2.22. The van der Waals surface area contributed by atoms with Crippen LogP contribution in [-0.4, -0.2) is 18.0 Å². The number of hydrogen-bond acceptors (Lipinski definition) is 2. The Hall–Kier alpha value is -1.12. The van der Waals surface area contributed by atoms with Gasteiger partial charge in [0, 0.05) is 26.2 Å². The molecule has 1 aromatic rings. The van der Waals surface area contributed by atoms with Gasteiger partial charge in [-0.25, -0.2) is 0 Å². The normalized spacial score (nSPS) is 14.1. The molecular weight excluding hydrogens is 196 g/mol. The highest BCUT2D eigenvalue weighted by Crippen LogP contribution is 2.18. The van der Waals surface area contributed by atoms with Crippen LogP contribution in [0.2, 0.25) is 0 Å². The highest BCUT2D eigenvalue weighted by molar-refractivity contribution is 5.34. The van der Waals surface area contributed by atoms with E-state index in [1.165, 1.54) is 16.7 Å². The van der Waals surface area contributed by atoms with Gasteiger partial charge in [0.25, 0.3) is 0 Å². The number of benzene rings is 1. The lowest BCUT2D eigenvalue weighted by molar-refractivity contribution is 0.311. The van der Waals surface area contributed by atoms with Crippen LogP contribution < -0.4 is 5.32 Å². The summed E-state index contributed by atoms with van der Waals surface area (Å²) in [6.07, 6.45) is 1.97. The Morgan fingerprint density at radius 2 is 2.19 bits per heavy atom. The van der Waals surface area contributed by atoms with Crippen LogP contribution in [0.4, 0.5) is 0 Å².